The van der Waals surface area contributed by atoms with Crippen molar-refractivity contribution in [3.05, 3.63) is 30.4 Å². The predicted octanol–water partition coefficient (Wildman–Crippen LogP) is 1.79. The standard InChI is InChI=1S/C13H16N4O3/c1-4-19-13-14-8-9(11(16-13)17(2)3)15-12(18)10-6-5-7-20-10/h5-8H,4H2,1-3H3,(H,15,18). The molecule has 0 unspecified atom stereocenters. The van der Waals surface area contributed by atoms with Crippen LogP contribution in [0.15, 0.2) is 29.0 Å². The monoisotopic (exact) mass is 276 g/mol. The third kappa shape index (κ3) is 3.05. The van der Waals surface area contributed by atoms with Gasteiger partial charge in [-0.25, -0.2) is 4.98 Å². The van der Waals surface area contributed by atoms with Crippen molar-refractivity contribution in [2.75, 3.05) is 30.9 Å². The van der Waals surface area contributed by atoms with Gasteiger partial charge in [0.25, 0.3) is 5.91 Å². The number of nitrogens with zero attached hydrogens (tertiary/aromatic N) is 3. The van der Waals surface area contributed by atoms with E-state index in [2.05, 4.69) is 15.3 Å². The first-order valence-corrected chi connectivity index (χ1v) is 6.13. The van der Waals surface area contributed by atoms with Gasteiger partial charge in [-0.15, -0.1) is 0 Å². The maximum absolute atomic E-state index is 12.0. The molecular formula is C13H16N4O3. The van der Waals surface area contributed by atoms with Crippen molar-refractivity contribution >= 4 is 17.4 Å². The zero-order chi connectivity index (χ0) is 14.5. The van der Waals surface area contributed by atoms with E-state index in [0.717, 1.165) is 0 Å². The largest absolute Gasteiger partial charge is 0.464 e. The zero-order valence-electron chi connectivity index (χ0n) is 11.6. The molecule has 0 saturated heterocycles. The lowest BCUT2D eigenvalue weighted by molar-refractivity contribution is 0.0996. The summed E-state index contributed by atoms with van der Waals surface area (Å²) in [6, 6.07) is 3.50. The second kappa shape index (κ2) is 6.05. The minimum absolute atomic E-state index is 0.226. The second-order valence-corrected chi connectivity index (χ2v) is 4.15. The van der Waals surface area contributed by atoms with Gasteiger partial charge in [0.15, 0.2) is 11.6 Å². The van der Waals surface area contributed by atoms with E-state index in [4.69, 9.17) is 9.15 Å². The Bertz CT molecular complexity index is 581. The van der Waals surface area contributed by atoms with Gasteiger partial charge in [0, 0.05) is 14.1 Å². The van der Waals surface area contributed by atoms with Gasteiger partial charge in [0.05, 0.1) is 19.1 Å². The Morgan fingerprint density at radius 2 is 2.30 bits per heavy atom. The molecule has 0 bridgehead atoms. The molecule has 7 nitrogen and oxygen atoms in total. The predicted molar refractivity (Wildman–Crippen MR) is 74.2 cm³/mol. The van der Waals surface area contributed by atoms with Gasteiger partial charge in [-0.05, 0) is 19.1 Å². The fraction of sp³-hybridized carbons (Fsp3) is 0.308. The molecule has 0 atom stereocenters. The minimum Gasteiger partial charge on any atom is -0.464 e. The van der Waals surface area contributed by atoms with Crippen molar-refractivity contribution in [1.82, 2.24) is 9.97 Å². The van der Waals surface area contributed by atoms with Gasteiger partial charge in [0.2, 0.25) is 0 Å². The summed E-state index contributed by atoms with van der Waals surface area (Å²) in [6.45, 7) is 2.33. The average Bonchev–Trinajstić information content (AvgIpc) is 2.94. The average molecular weight is 276 g/mol. The molecule has 1 N–H and O–H groups in total. The van der Waals surface area contributed by atoms with Crippen LogP contribution < -0.4 is 15.0 Å². The fourth-order valence-corrected chi connectivity index (χ4v) is 1.58. The molecule has 0 radical (unpaired) electrons. The summed E-state index contributed by atoms with van der Waals surface area (Å²) in [5.74, 6) is 0.429. The lowest BCUT2D eigenvalue weighted by atomic mass is 10.4. The SMILES string of the molecule is CCOc1ncc(NC(=O)c2ccco2)c(N(C)C)n1. The van der Waals surface area contributed by atoms with Crippen LogP contribution >= 0.6 is 0 Å². The topological polar surface area (TPSA) is 80.5 Å². The van der Waals surface area contributed by atoms with Crippen molar-refractivity contribution in [2.24, 2.45) is 0 Å². The molecule has 2 heterocycles. The summed E-state index contributed by atoms with van der Waals surface area (Å²) < 4.78 is 10.3. The van der Waals surface area contributed by atoms with Gasteiger partial charge >= 0.3 is 6.01 Å². The van der Waals surface area contributed by atoms with E-state index in [1.54, 1.807) is 17.0 Å². The Morgan fingerprint density at radius 1 is 1.50 bits per heavy atom. The van der Waals surface area contributed by atoms with E-state index in [-0.39, 0.29) is 17.7 Å². The number of nitrogens with one attached hydrogen (secondary N) is 1. The van der Waals surface area contributed by atoms with Crippen LogP contribution in [0.4, 0.5) is 11.5 Å². The van der Waals surface area contributed by atoms with Crippen LogP contribution in [-0.2, 0) is 0 Å². The Balaban J connectivity index is 2.24. The van der Waals surface area contributed by atoms with Crippen LogP contribution in [0.25, 0.3) is 0 Å². The molecule has 20 heavy (non-hydrogen) atoms. The van der Waals surface area contributed by atoms with E-state index in [1.165, 1.54) is 12.5 Å². The van der Waals surface area contributed by atoms with Gasteiger partial charge in [-0.3, -0.25) is 4.79 Å². The quantitative estimate of drug-likeness (QED) is 0.896. The van der Waals surface area contributed by atoms with E-state index < -0.39 is 0 Å². The highest BCUT2D eigenvalue weighted by Crippen LogP contribution is 2.23. The van der Waals surface area contributed by atoms with Crippen molar-refractivity contribution in [2.45, 2.75) is 6.92 Å². The number of anilines is 2. The lowest BCUT2D eigenvalue weighted by Gasteiger charge is -2.16. The maximum Gasteiger partial charge on any atom is 0.318 e. The summed E-state index contributed by atoms with van der Waals surface area (Å²) in [4.78, 5) is 22.0. The number of amides is 1. The minimum atomic E-state index is -0.356. The molecule has 2 rings (SSSR count). The first-order valence-electron chi connectivity index (χ1n) is 6.13. The molecule has 1 amide bonds. The number of hydrogen-bond acceptors (Lipinski definition) is 6. The molecule has 106 valence electrons. The molecule has 7 heteroatoms. The van der Waals surface area contributed by atoms with Crippen LogP contribution in [0.2, 0.25) is 0 Å². The molecule has 0 saturated carbocycles. The normalized spacial score (nSPS) is 10.2. The van der Waals surface area contributed by atoms with Crippen molar-refractivity contribution in [1.29, 1.82) is 0 Å². The Kier molecular flexibility index (Phi) is 4.19. The highest BCUT2D eigenvalue weighted by Gasteiger charge is 2.15. The highest BCUT2D eigenvalue weighted by molar-refractivity contribution is 6.03. The van der Waals surface area contributed by atoms with E-state index in [0.29, 0.717) is 18.1 Å². The van der Waals surface area contributed by atoms with Crippen molar-refractivity contribution < 1.29 is 13.9 Å². The third-order valence-electron chi connectivity index (χ3n) is 2.44. The zero-order valence-corrected chi connectivity index (χ0v) is 11.6. The van der Waals surface area contributed by atoms with Crippen LogP contribution in [0.1, 0.15) is 17.5 Å². The summed E-state index contributed by atoms with van der Waals surface area (Å²) >= 11 is 0. The van der Waals surface area contributed by atoms with Crippen molar-refractivity contribution in [3.63, 3.8) is 0 Å². The maximum atomic E-state index is 12.0. The van der Waals surface area contributed by atoms with E-state index >= 15 is 0 Å². The van der Waals surface area contributed by atoms with Crippen molar-refractivity contribution in [3.8, 4) is 6.01 Å². The molecule has 0 aliphatic heterocycles. The van der Waals surface area contributed by atoms with Crippen LogP contribution in [0.5, 0.6) is 6.01 Å². The third-order valence-corrected chi connectivity index (χ3v) is 2.44. The Labute approximate surface area is 116 Å². The molecule has 2 aromatic rings. The van der Waals surface area contributed by atoms with E-state index in [1.807, 2.05) is 21.0 Å². The Hall–Kier alpha value is -2.57. The van der Waals surface area contributed by atoms with Gasteiger partial charge < -0.3 is 19.4 Å². The molecule has 0 aromatic carbocycles. The number of rotatable bonds is 5. The number of ether oxygens (including phenoxy) is 1. The number of carbonyl (C=O) groups is 1. The Morgan fingerprint density at radius 3 is 2.90 bits per heavy atom. The number of carbonyl (C=O) groups excluding carboxylic acids is 1. The molecule has 0 aliphatic carbocycles. The lowest BCUT2D eigenvalue weighted by Crippen LogP contribution is -2.18. The van der Waals surface area contributed by atoms with Crippen LogP contribution in [0.3, 0.4) is 0 Å². The summed E-state index contributed by atoms with van der Waals surface area (Å²) in [7, 11) is 3.64. The van der Waals surface area contributed by atoms with E-state index in [9.17, 15) is 4.79 Å². The molecular weight excluding hydrogens is 260 g/mol. The molecule has 0 aliphatic rings. The highest BCUT2D eigenvalue weighted by atomic mass is 16.5. The fourth-order valence-electron chi connectivity index (χ4n) is 1.58. The summed E-state index contributed by atoms with van der Waals surface area (Å²) in [6.07, 6.45) is 2.95. The number of hydrogen-bond donors (Lipinski definition) is 1. The van der Waals surface area contributed by atoms with Crippen LogP contribution in [-0.4, -0.2) is 36.6 Å². The van der Waals surface area contributed by atoms with Crippen LogP contribution in [0, 0.1) is 0 Å². The molecule has 2 aromatic heterocycles. The smallest absolute Gasteiger partial charge is 0.318 e. The van der Waals surface area contributed by atoms with Gasteiger partial charge in [-0.2, -0.15) is 4.98 Å². The first-order chi connectivity index (χ1) is 9.61. The first kappa shape index (κ1) is 13.9. The summed E-state index contributed by atoms with van der Waals surface area (Å²) in [5, 5.41) is 2.71. The molecule has 0 spiro atoms. The molecule has 0 fully saturated rings. The van der Waals surface area contributed by atoms with Gasteiger partial charge in [0.1, 0.15) is 5.69 Å². The number of furan rings is 1. The van der Waals surface area contributed by atoms with Gasteiger partial charge in [-0.1, -0.05) is 0 Å². The number of aromatic nitrogens is 2. The second-order valence-electron chi connectivity index (χ2n) is 4.15. The summed E-state index contributed by atoms with van der Waals surface area (Å²) in [5.41, 5.74) is 0.486.